The van der Waals surface area contributed by atoms with E-state index in [0.717, 1.165) is 21.1 Å². The van der Waals surface area contributed by atoms with Gasteiger partial charge in [0.05, 0.1) is 18.9 Å². The minimum Gasteiger partial charge on any atom is -0.343 e. The van der Waals surface area contributed by atoms with Crippen LogP contribution in [0.3, 0.4) is 0 Å². The van der Waals surface area contributed by atoms with Gasteiger partial charge < -0.3 is 60.0 Å². The van der Waals surface area contributed by atoms with Crippen molar-refractivity contribution in [2.24, 2.45) is 29.6 Å². The first-order valence-corrected chi connectivity index (χ1v) is 35.7. The number of hydrogen-bond acceptors (Lipinski definition) is 12. The van der Waals surface area contributed by atoms with Crippen molar-refractivity contribution in [1.29, 1.82) is 0 Å². The first-order valence-electron chi connectivity index (χ1n) is 35.3. The third-order valence-electron chi connectivity index (χ3n) is 21.6. The van der Waals surface area contributed by atoms with E-state index in [1.807, 2.05) is 13.8 Å². The highest BCUT2D eigenvalue weighted by atomic mass is 35.5. The minimum atomic E-state index is -4.55. The van der Waals surface area contributed by atoms with Gasteiger partial charge in [0, 0.05) is 80.3 Å². The van der Waals surface area contributed by atoms with Crippen LogP contribution in [0.25, 0.3) is 0 Å². The van der Waals surface area contributed by atoms with Crippen molar-refractivity contribution < 1.29 is 79.5 Å². The number of halogens is 6. The molecule has 0 aromatic heterocycles. The maximum Gasteiger partial charge on any atom is 0.393 e. The lowest BCUT2D eigenvalue weighted by Crippen LogP contribution is -2.65. The van der Waals surface area contributed by atoms with Gasteiger partial charge in [0.2, 0.25) is 77.3 Å². The molecule has 1 spiro atoms. The van der Waals surface area contributed by atoms with E-state index in [1.54, 1.807) is 32.6 Å². The van der Waals surface area contributed by atoms with Gasteiger partial charge in [-0.25, -0.2) is 8.78 Å². The molecule has 2 aliphatic carbocycles. The molecule has 30 heteroatoms. The summed E-state index contributed by atoms with van der Waals surface area (Å²) in [5.74, 6) is -12.3. The van der Waals surface area contributed by atoms with Crippen LogP contribution in [-0.4, -0.2) is 268 Å². The number of rotatable bonds is 12. The van der Waals surface area contributed by atoms with Crippen LogP contribution in [0.15, 0.2) is 0 Å². The van der Waals surface area contributed by atoms with Crippen molar-refractivity contribution in [3.63, 3.8) is 0 Å². The molecule has 98 heavy (non-hydrogen) atoms. The molecule has 6 rings (SSSR count). The summed E-state index contributed by atoms with van der Waals surface area (Å²) in [4.78, 5) is 189. The molecule has 13 atom stereocenters. The van der Waals surface area contributed by atoms with Crippen molar-refractivity contribution in [3.8, 4) is 0 Å². The van der Waals surface area contributed by atoms with Gasteiger partial charge in [0.1, 0.15) is 59.9 Å². The average Bonchev–Trinajstić information content (AvgIpc) is 1.28. The third-order valence-corrected chi connectivity index (χ3v) is 22.1. The number of alkyl halides is 6. The summed E-state index contributed by atoms with van der Waals surface area (Å²) in [6, 6.07) is -12.0. The van der Waals surface area contributed by atoms with Gasteiger partial charge in [-0.2, -0.15) is 13.2 Å². The third kappa shape index (κ3) is 19.2. The van der Waals surface area contributed by atoms with Crippen LogP contribution >= 0.6 is 11.6 Å². The second kappa shape index (κ2) is 34.8. The molecule has 554 valence electrons. The zero-order valence-electron chi connectivity index (χ0n) is 59.6. The SMILES string of the molecule is CC[C@H](C)[C@@H]1NC(=O)[C@H](CC(C)C)N(C)C(=O)C[C@@H](C(=O)N2CCCCC2)N(C)C(=O)[C@H](C(C)C)N(C)C(=O)C2(CCCC2)NC(=O)[C@@H]2CCCN2C(=O)[C@H](CCC2CCC(C(F)(F)F)C(Cl)C2)NC(=O)CN(C)C(=O)[C@H](CCC(F)F)N(C)C(=O)[C@@H]2CCN2C(=O)[C@H](C)N(C)C1=O. The highest BCUT2D eigenvalue weighted by Gasteiger charge is 2.52. The fourth-order valence-electron chi connectivity index (χ4n) is 15.1. The number of likely N-dealkylation sites (N-methyl/N-ethyl adjacent to an activating group) is 6. The normalized spacial score (nSPS) is 30.3. The molecule has 0 bridgehead atoms. The Morgan fingerprint density at radius 3 is 1.83 bits per heavy atom. The molecule has 4 saturated heterocycles. The number of carbonyl (C=O) groups excluding carboxylic acids is 12. The Labute approximate surface area is 579 Å². The second-order valence-electron chi connectivity index (χ2n) is 29.3. The summed E-state index contributed by atoms with van der Waals surface area (Å²) in [6.45, 7) is 12.0. The summed E-state index contributed by atoms with van der Waals surface area (Å²) >= 11 is 6.34. The molecule has 6 aliphatic rings. The van der Waals surface area contributed by atoms with Crippen molar-refractivity contribution in [1.82, 2.24) is 60.0 Å². The molecule has 3 unspecified atom stereocenters. The fraction of sp³-hybridized carbons (Fsp3) is 0.824. The quantitative estimate of drug-likeness (QED) is 0.169. The number of nitrogens with zero attached hydrogens (tertiary/aromatic N) is 9. The number of carbonyl (C=O) groups is 12. The Kier molecular flexibility index (Phi) is 28.6. The van der Waals surface area contributed by atoms with E-state index in [2.05, 4.69) is 16.0 Å². The van der Waals surface area contributed by atoms with Gasteiger partial charge in [-0.1, -0.05) is 60.8 Å². The Hall–Kier alpha value is -6.42. The fourth-order valence-corrected chi connectivity index (χ4v) is 15.6. The maximum atomic E-state index is 15.4. The Bertz CT molecular complexity index is 2880. The lowest BCUT2D eigenvalue weighted by atomic mass is 9.78. The molecule has 0 aromatic carbocycles. The van der Waals surface area contributed by atoms with Crippen LogP contribution in [0.1, 0.15) is 177 Å². The number of hydrogen-bond donors (Lipinski definition) is 3. The number of nitrogens with one attached hydrogen (secondary N) is 3. The van der Waals surface area contributed by atoms with Crippen LogP contribution in [-0.2, 0) is 57.5 Å². The zero-order valence-corrected chi connectivity index (χ0v) is 60.4. The monoisotopic (exact) mass is 1410 g/mol. The average molecular weight is 1420 g/mol. The van der Waals surface area contributed by atoms with Crippen LogP contribution in [0.4, 0.5) is 22.0 Å². The standard InChI is InChI=1S/C68H108ClF5N12O12/c1-14-41(6)55-64(96)79(9)42(7)59(91)86-34-28-49(86)62(94)81(11)48(26-27-52(70)71)61(93)78(8)38-53(87)75-46(25-23-43-22-24-44(45(69)36-43)68(72,73)74)60(92)85-33-20-21-47(85)58(90)77-67(29-16-17-30-67)66(98)83(13)56(40(4)5)65(97)82(12)51(63(95)84-31-18-15-19-32-84)37-54(88)80(10)50(35-39(2)3)57(89)76-55/h39-52,55-56H,14-38H2,1-13H3,(H,75,87)(H,76,89)(H,77,90)/t41-,42-,43?,44?,45?,46-,47-,48-,49-,50-,51-,55-,56-/m0/s1. The Balaban J connectivity index is 1.42. The van der Waals surface area contributed by atoms with Crippen LogP contribution < -0.4 is 16.0 Å². The predicted molar refractivity (Wildman–Crippen MR) is 354 cm³/mol. The smallest absolute Gasteiger partial charge is 0.343 e. The first kappa shape index (κ1) is 80.6. The van der Waals surface area contributed by atoms with Crippen molar-refractivity contribution in [2.45, 2.75) is 255 Å². The summed E-state index contributed by atoms with van der Waals surface area (Å²) < 4.78 is 69.9. The number of piperidine rings is 1. The zero-order chi connectivity index (χ0) is 73.2. The number of likely N-dealkylation sites (tertiary alicyclic amines) is 1. The van der Waals surface area contributed by atoms with Crippen molar-refractivity contribution in [2.75, 3.05) is 75.0 Å². The highest BCUT2D eigenvalue weighted by Crippen LogP contribution is 2.44. The van der Waals surface area contributed by atoms with Gasteiger partial charge in [-0.05, 0) is 127 Å². The lowest BCUT2D eigenvalue weighted by Gasteiger charge is -2.45. The molecule has 4 aliphatic heterocycles. The molecular formula is C68H108ClF5N12O12. The van der Waals surface area contributed by atoms with Gasteiger partial charge in [0.15, 0.2) is 0 Å². The molecule has 24 nitrogen and oxygen atoms in total. The topological polar surface area (TPSA) is 270 Å². The summed E-state index contributed by atoms with van der Waals surface area (Å²) in [5.41, 5.74) is -1.61. The van der Waals surface area contributed by atoms with Crippen LogP contribution in [0.2, 0.25) is 0 Å². The van der Waals surface area contributed by atoms with E-state index in [1.165, 1.54) is 73.7 Å². The predicted octanol–water partition coefficient (Wildman–Crippen LogP) is 5.17. The maximum absolute atomic E-state index is 15.4. The molecule has 3 N–H and O–H groups in total. The van der Waals surface area contributed by atoms with E-state index in [9.17, 15) is 65.1 Å². The van der Waals surface area contributed by atoms with Crippen LogP contribution in [0, 0.1) is 29.6 Å². The molecule has 12 amide bonds. The molecule has 4 heterocycles. The van der Waals surface area contributed by atoms with Gasteiger partial charge in [0.25, 0.3) is 0 Å². The second-order valence-corrected chi connectivity index (χ2v) is 29.8. The molecular weight excluding hydrogens is 1310 g/mol. The van der Waals surface area contributed by atoms with E-state index in [0.29, 0.717) is 51.6 Å². The van der Waals surface area contributed by atoms with Crippen molar-refractivity contribution in [3.05, 3.63) is 0 Å². The lowest BCUT2D eigenvalue weighted by molar-refractivity contribution is -0.182. The molecule has 6 fully saturated rings. The number of amides is 12. The highest BCUT2D eigenvalue weighted by molar-refractivity contribution is 6.21. The van der Waals surface area contributed by atoms with Gasteiger partial charge >= 0.3 is 6.18 Å². The summed E-state index contributed by atoms with van der Waals surface area (Å²) in [7, 11) is 7.98. The largest absolute Gasteiger partial charge is 0.393 e. The van der Waals surface area contributed by atoms with Crippen LogP contribution in [0.5, 0.6) is 0 Å². The van der Waals surface area contributed by atoms with E-state index >= 15 is 14.4 Å². The Morgan fingerprint density at radius 1 is 0.633 bits per heavy atom. The van der Waals surface area contributed by atoms with Gasteiger partial charge in [-0.15, -0.1) is 11.6 Å². The molecule has 0 aromatic rings. The van der Waals surface area contributed by atoms with E-state index in [-0.39, 0.29) is 83.2 Å². The Morgan fingerprint density at radius 2 is 1.27 bits per heavy atom. The first-order chi connectivity index (χ1) is 45.9. The minimum absolute atomic E-state index is 0.00304. The van der Waals surface area contributed by atoms with Crippen molar-refractivity contribution >= 4 is 82.5 Å². The van der Waals surface area contributed by atoms with Gasteiger partial charge in [-0.3, -0.25) is 57.5 Å². The summed E-state index contributed by atoms with van der Waals surface area (Å²) in [5, 5.41) is 7.29. The van der Waals surface area contributed by atoms with E-state index in [4.69, 9.17) is 11.6 Å². The number of fused-ring (bicyclic) bond motifs is 2. The molecule has 0 radical (unpaired) electrons. The van der Waals surface area contributed by atoms with E-state index < -0.39 is 198 Å². The summed E-state index contributed by atoms with van der Waals surface area (Å²) in [6.07, 6.45) is -5.45. The molecule has 2 saturated carbocycles.